The van der Waals surface area contributed by atoms with Gasteiger partial charge in [0.05, 0.1) is 18.3 Å². The Morgan fingerprint density at radius 2 is 1.75 bits per heavy atom. The highest BCUT2D eigenvalue weighted by Crippen LogP contribution is 2.34. The van der Waals surface area contributed by atoms with Crippen LogP contribution in [0.1, 0.15) is 60.8 Å². The van der Waals surface area contributed by atoms with Gasteiger partial charge in [-0.05, 0) is 54.2 Å². The van der Waals surface area contributed by atoms with Crippen LogP contribution in [0.5, 0.6) is 0 Å². The van der Waals surface area contributed by atoms with Crippen LogP contribution < -0.4 is 0 Å². The molecule has 0 bridgehead atoms. The summed E-state index contributed by atoms with van der Waals surface area (Å²) in [4.78, 5) is 12.1. The van der Waals surface area contributed by atoms with Crippen LogP contribution in [0.15, 0.2) is 0 Å². The molecule has 138 valence electrons. The Balaban J connectivity index is 4.41. The molecule has 0 saturated carbocycles. The fraction of sp³-hybridized carbons (Fsp3) is 0.824. The smallest absolute Gasteiger partial charge is 0.306 e. The summed E-state index contributed by atoms with van der Waals surface area (Å²) >= 11 is 7.92. The van der Waals surface area contributed by atoms with E-state index in [0.717, 1.165) is 0 Å². The predicted octanol–water partition coefficient (Wildman–Crippen LogP) is 4.96. The first-order chi connectivity index (χ1) is 10.8. The fourth-order valence-electron chi connectivity index (χ4n) is 1.71. The standard InChI is InChI=1S/C17H29NO3S3/c1-15(2,3)20-11-10-16(4,5)21-13(19)8-9-17(6,12-18)24-14(22)23-7/h8-11H2,1-7H3. The number of esters is 1. The van der Waals surface area contributed by atoms with Crippen molar-refractivity contribution in [2.24, 2.45) is 0 Å². The highest BCUT2D eigenvalue weighted by molar-refractivity contribution is 8.47. The van der Waals surface area contributed by atoms with Crippen LogP contribution in [0.3, 0.4) is 0 Å². The van der Waals surface area contributed by atoms with Crippen LogP contribution in [-0.2, 0) is 14.3 Å². The molecule has 0 aromatic heterocycles. The zero-order chi connectivity index (χ0) is 19.0. The summed E-state index contributed by atoms with van der Waals surface area (Å²) in [6.07, 6.45) is 3.10. The quantitative estimate of drug-likeness (QED) is 0.428. The van der Waals surface area contributed by atoms with E-state index in [2.05, 4.69) is 6.07 Å². The molecular formula is C17H29NO3S3. The van der Waals surface area contributed by atoms with Crippen molar-refractivity contribution in [1.29, 1.82) is 5.26 Å². The number of carbonyl (C=O) groups is 1. The first kappa shape index (κ1) is 23.7. The van der Waals surface area contributed by atoms with Crippen LogP contribution in [0.2, 0.25) is 0 Å². The maximum Gasteiger partial charge on any atom is 0.306 e. The first-order valence-electron chi connectivity index (χ1n) is 7.86. The SMILES string of the molecule is CSC(=S)SC(C)(C#N)CCC(=O)OC(C)(C)CCOC(C)(C)C. The second kappa shape index (κ2) is 10.0. The van der Waals surface area contributed by atoms with Crippen molar-refractivity contribution < 1.29 is 14.3 Å². The highest BCUT2D eigenvalue weighted by Gasteiger charge is 2.30. The molecule has 0 saturated heterocycles. The number of carbonyl (C=O) groups excluding carboxylic acids is 1. The van der Waals surface area contributed by atoms with Gasteiger partial charge in [-0.2, -0.15) is 5.26 Å². The van der Waals surface area contributed by atoms with E-state index >= 15 is 0 Å². The normalized spacial score (nSPS) is 14.6. The summed E-state index contributed by atoms with van der Waals surface area (Å²) in [5.74, 6) is -0.298. The summed E-state index contributed by atoms with van der Waals surface area (Å²) in [6, 6.07) is 2.25. The minimum absolute atomic E-state index is 0.192. The van der Waals surface area contributed by atoms with Gasteiger partial charge in [-0.15, -0.1) is 11.8 Å². The van der Waals surface area contributed by atoms with Gasteiger partial charge < -0.3 is 9.47 Å². The average Bonchev–Trinajstić information content (AvgIpc) is 2.43. The molecule has 0 spiro atoms. The van der Waals surface area contributed by atoms with E-state index in [0.29, 0.717) is 23.0 Å². The van der Waals surface area contributed by atoms with Gasteiger partial charge in [-0.1, -0.05) is 24.0 Å². The summed E-state index contributed by atoms with van der Waals surface area (Å²) < 4.78 is 11.2. The Morgan fingerprint density at radius 1 is 1.17 bits per heavy atom. The lowest BCUT2D eigenvalue weighted by molar-refractivity contribution is -0.159. The van der Waals surface area contributed by atoms with Crippen molar-refractivity contribution in [2.45, 2.75) is 76.8 Å². The molecule has 0 aliphatic rings. The molecular weight excluding hydrogens is 362 g/mol. The minimum Gasteiger partial charge on any atom is -0.460 e. The first-order valence-corrected chi connectivity index (χ1v) is 10.3. The monoisotopic (exact) mass is 391 g/mol. The van der Waals surface area contributed by atoms with Gasteiger partial charge in [0.1, 0.15) is 13.9 Å². The predicted molar refractivity (Wildman–Crippen MR) is 107 cm³/mol. The number of nitriles is 1. The van der Waals surface area contributed by atoms with Crippen molar-refractivity contribution in [2.75, 3.05) is 12.9 Å². The topological polar surface area (TPSA) is 59.3 Å². The molecule has 0 aromatic rings. The Bertz CT molecular complexity index is 480. The molecule has 0 fully saturated rings. The number of thioether (sulfide) groups is 2. The van der Waals surface area contributed by atoms with Gasteiger partial charge in [0.15, 0.2) is 0 Å². The van der Waals surface area contributed by atoms with Crippen molar-refractivity contribution in [3.05, 3.63) is 0 Å². The second-order valence-corrected chi connectivity index (χ2v) is 10.9. The largest absolute Gasteiger partial charge is 0.460 e. The van der Waals surface area contributed by atoms with E-state index in [-0.39, 0.29) is 18.0 Å². The number of hydrogen-bond acceptors (Lipinski definition) is 7. The molecule has 0 aromatic carbocycles. The van der Waals surface area contributed by atoms with E-state index < -0.39 is 10.3 Å². The maximum atomic E-state index is 12.1. The summed E-state index contributed by atoms with van der Waals surface area (Å²) in [6.45, 7) is 12.0. The van der Waals surface area contributed by atoms with Crippen molar-refractivity contribution >= 4 is 45.2 Å². The van der Waals surface area contributed by atoms with E-state index in [4.69, 9.17) is 21.7 Å². The molecule has 7 heteroatoms. The lowest BCUT2D eigenvalue weighted by atomic mass is 10.0. The molecule has 0 N–H and O–H groups in total. The Morgan fingerprint density at radius 3 is 2.21 bits per heavy atom. The number of nitrogens with zero attached hydrogens (tertiary/aromatic N) is 1. The zero-order valence-corrected chi connectivity index (χ0v) is 18.2. The van der Waals surface area contributed by atoms with Gasteiger partial charge in [-0.3, -0.25) is 4.79 Å². The van der Waals surface area contributed by atoms with E-state index in [1.807, 2.05) is 40.9 Å². The van der Waals surface area contributed by atoms with Crippen molar-refractivity contribution in [3.8, 4) is 6.07 Å². The minimum atomic E-state index is -0.710. The molecule has 0 amide bonds. The molecule has 0 heterocycles. The van der Waals surface area contributed by atoms with Gasteiger partial charge in [0, 0.05) is 12.8 Å². The zero-order valence-electron chi connectivity index (χ0n) is 15.7. The molecule has 0 rings (SSSR count). The summed E-state index contributed by atoms with van der Waals surface area (Å²) in [7, 11) is 0. The van der Waals surface area contributed by atoms with E-state index in [9.17, 15) is 10.1 Å². The number of rotatable bonds is 8. The molecule has 1 atom stereocenters. The second-order valence-electron chi connectivity index (χ2n) is 7.34. The van der Waals surface area contributed by atoms with Crippen LogP contribution >= 0.6 is 35.7 Å². The summed E-state index contributed by atoms with van der Waals surface area (Å²) in [5, 5.41) is 9.36. The van der Waals surface area contributed by atoms with Crippen LogP contribution in [0, 0.1) is 11.3 Å². The van der Waals surface area contributed by atoms with Gasteiger partial charge in [-0.25, -0.2) is 0 Å². The highest BCUT2D eigenvalue weighted by atomic mass is 32.2. The van der Waals surface area contributed by atoms with Crippen molar-refractivity contribution in [3.63, 3.8) is 0 Å². The van der Waals surface area contributed by atoms with Crippen LogP contribution in [0.4, 0.5) is 0 Å². The van der Waals surface area contributed by atoms with Crippen LogP contribution in [-0.4, -0.2) is 38.3 Å². The summed E-state index contributed by atoms with van der Waals surface area (Å²) in [5.41, 5.74) is -0.797. The third kappa shape index (κ3) is 11.3. The van der Waals surface area contributed by atoms with Crippen molar-refractivity contribution in [1.82, 2.24) is 0 Å². The molecule has 0 aliphatic heterocycles. The maximum absolute atomic E-state index is 12.1. The fourth-order valence-corrected chi connectivity index (χ4v) is 3.76. The third-order valence-corrected chi connectivity index (χ3v) is 5.89. The molecule has 24 heavy (non-hydrogen) atoms. The lowest BCUT2D eigenvalue weighted by Crippen LogP contribution is -2.32. The number of ether oxygens (including phenoxy) is 2. The third-order valence-electron chi connectivity index (χ3n) is 3.15. The average molecular weight is 392 g/mol. The van der Waals surface area contributed by atoms with Gasteiger partial charge in [0.25, 0.3) is 0 Å². The van der Waals surface area contributed by atoms with E-state index in [1.165, 1.54) is 23.5 Å². The number of hydrogen-bond donors (Lipinski definition) is 0. The van der Waals surface area contributed by atoms with E-state index in [1.54, 1.807) is 6.92 Å². The number of thiocarbonyl (C=S) groups is 1. The Kier molecular flexibility index (Phi) is 9.88. The Labute approximate surface area is 160 Å². The molecule has 0 radical (unpaired) electrons. The molecule has 0 aliphatic carbocycles. The van der Waals surface area contributed by atoms with Crippen LogP contribution in [0.25, 0.3) is 0 Å². The lowest BCUT2D eigenvalue weighted by Gasteiger charge is -2.28. The Hall–Kier alpha value is -0.290. The molecule has 4 nitrogen and oxygen atoms in total. The molecule has 1 unspecified atom stereocenters. The van der Waals surface area contributed by atoms with Gasteiger partial charge >= 0.3 is 5.97 Å². The van der Waals surface area contributed by atoms with Gasteiger partial charge in [0.2, 0.25) is 0 Å².